The van der Waals surface area contributed by atoms with Crippen molar-refractivity contribution in [2.75, 3.05) is 13.4 Å². The Balaban J connectivity index is 1.44. The van der Waals surface area contributed by atoms with Gasteiger partial charge in [0, 0.05) is 6.54 Å². The predicted octanol–water partition coefficient (Wildman–Crippen LogP) is 1.85. The molecule has 0 spiro atoms. The summed E-state index contributed by atoms with van der Waals surface area (Å²) in [5.41, 5.74) is 1.15. The van der Waals surface area contributed by atoms with Crippen LogP contribution in [-0.4, -0.2) is 37.7 Å². The van der Waals surface area contributed by atoms with Gasteiger partial charge in [0.25, 0.3) is 5.91 Å². The van der Waals surface area contributed by atoms with E-state index in [-0.39, 0.29) is 19.1 Å². The van der Waals surface area contributed by atoms with Crippen LogP contribution in [0.1, 0.15) is 22.8 Å². The lowest BCUT2D eigenvalue weighted by molar-refractivity contribution is -0.156. The highest BCUT2D eigenvalue weighted by atomic mass is 16.7. The minimum absolute atomic E-state index is 0.178. The van der Waals surface area contributed by atoms with E-state index in [1.807, 2.05) is 6.07 Å². The maximum atomic E-state index is 12.1. The van der Waals surface area contributed by atoms with Crippen LogP contribution in [0.4, 0.5) is 0 Å². The maximum absolute atomic E-state index is 12.1. The highest BCUT2D eigenvalue weighted by Crippen LogP contribution is 2.32. The number of benzene rings is 2. The number of fused-ring (bicyclic) bond motifs is 1. The minimum Gasteiger partial charge on any atom is -0.481 e. The number of carbonyl (C=O) groups excluding carboxylic acids is 3. The van der Waals surface area contributed by atoms with E-state index in [2.05, 4.69) is 5.32 Å². The van der Waals surface area contributed by atoms with Gasteiger partial charge in [-0.25, -0.2) is 4.79 Å². The molecule has 146 valence electrons. The zero-order valence-electron chi connectivity index (χ0n) is 15.2. The average molecular weight is 385 g/mol. The third-order valence-corrected chi connectivity index (χ3v) is 3.97. The van der Waals surface area contributed by atoms with Gasteiger partial charge in [0.2, 0.25) is 6.79 Å². The van der Waals surface area contributed by atoms with Crippen molar-refractivity contribution in [2.24, 2.45) is 0 Å². The van der Waals surface area contributed by atoms with Crippen LogP contribution >= 0.6 is 0 Å². The first-order valence-corrected chi connectivity index (χ1v) is 8.59. The van der Waals surface area contributed by atoms with Crippen LogP contribution in [0.5, 0.6) is 17.2 Å². The number of esters is 1. The highest BCUT2D eigenvalue weighted by Gasteiger charge is 2.19. The van der Waals surface area contributed by atoms with E-state index >= 15 is 0 Å². The van der Waals surface area contributed by atoms with E-state index in [0.29, 0.717) is 23.3 Å². The van der Waals surface area contributed by atoms with Crippen LogP contribution in [0.15, 0.2) is 42.5 Å². The molecule has 0 bridgehead atoms. The zero-order chi connectivity index (χ0) is 19.9. The Kier molecular flexibility index (Phi) is 6.11. The standard InChI is InChI=1S/C20H19NO7/c1-13(28-19(23)11-25-16-5-3-2-4-15(16)10-22)20(24)21-9-14-6-7-17-18(8-14)27-12-26-17/h2-8,10,13H,9,11-12H2,1H3,(H,21,24)/t13-/m0/s1. The van der Waals surface area contributed by atoms with Gasteiger partial charge in [0.1, 0.15) is 5.75 Å². The van der Waals surface area contributed by atoms with Crippen LogP contribution in [-0.2, 0) is 20.9 Å². The fourth-order valence-corrected chi connectivity index (χ4v) is 2.51. The molecule has 1 aliphatic heterocycles. The number of amides is 1. The Hall–Kier alpha value is -3.55. The number of carbonyl (C=O) groups is 3. The number of hydrogen-bond acceptors (Lipinski definition) is 7. The van der Waals surface area contributed by atoms with Crippen molar-refractivity contribution in [3.8, 4) is 17.2 Å². The van der Waals surface area contributed by atoms with Crippen molar-refractivity contribution in [2.45, 2.75) is 19.6 Å². The third-order valence-electron chi connectivity index (χ3n) is 3.97. The predicted molar refractivity (Wildman–Crippen MR) is 97.3 cm³/mol. The molecule has 0 radical (unpaired) electrons. The molecule has 0 aliphatic carbocycles. The van der Waals surface area contributed by atoms with E-state index in [4.69, 9.17) is 18.9 Å². The monoisotopic (exact) mass is 385 g/mol. The molecule has 0 saturated heterocycles. The molecule has 1 aliphatic rings. The average Bonchev–Trinajstić information content (AvgIpc) is 3.18. The second-order valence-electron chi connectivity index (χ2n) is 5.98. The van der Waals surface area contributed by atoms with Crippen molar-refractivity contribution in [1.29, 1.82) is 0 Å². The molecule has 1 heterocycles. The number of aldehydes is 1. The lowest BCUT2D eigenvalue weighted by Crippen LogP contribution is -2.36. The van der Waals surface area contributed by atoms with Gasteiger partial charge >= 0.3 is 5.97 Å². The minimum atomic E-state index is -0.994. The lowest BCUT2D eigenvalue weighted by Gasteiger charge is -2.14. The fourth-order valence-electron chi connectivity index (χ4n) is 2.51. The molecule has 28 heavy (non-hydrogen) atoms. The smallest absolute Gasteiger partial charge is 0.344 e. The first-order chi connectivity index (χ1) is 13.6. The van der Waals surface area contributed by atoms with Crippen molar-refractivity contribution in [1.82, 2.24) is 5.32 Å². The van der Waals surface area contributed by atoms with Gasteiger partial charge in [0.05, 0.1) is 5.56 Å². The number of nitrogens with one attached hydrogen (secondary N) is 1. The van der Waals surface area contributed by atoms with Crippen molar-refractivity contribution in [3.63, 3.8) is 0 Å². The SMILES string of the molecule is C[C@H](OC(=O)COc1ccccc1C=O)C(=O)NCc1ccc2c(c1)OCO2. The molecule has 1 N–H and O–H groups in total. The maximum Gasteiger partial charge on any atom is 0.344 e. The molecule has 8 nitrogen and oxygen atoms in total. The molecule has 1 amide bonds. The first-order valence-electron chi connectivity index (χ1n) is 8.59. The summed E-state index contributed by atoms with van der Waals surface area (Å²) >= 11 is 0. The van der Waals surface area contributed by atoms with Gasteiger partial charge in [-0.1, -0.05) is 18.2 Å². The Bertz CT molecular complexity index is 881. The van der Waals surface area contributed by atoms with E-state index in [1.165, 1.54) is 6.92 Å². The highest BCUT2D eigenvalue weighted by molar-refractivity contribution is 5.84. The first kappa shape index (κ1) is 19.2. The zero-order valence-corrected chi connectivity index (χ0v) is 15.2. The van der Waals surface area contributed by atoms with Crippen LogP contribution in [0, 0.1) is 0 Å². The molecule has 0 saturated carbocycles. The summed E-state index contributed by atoms with van der Waals surface area (Å²) in [4.78, 5) is 34.9. The molecule has 1 atom stereocenters. The van der Waals surface area contributed by atoms with Crippen LogP contribution in [0.3, 0.4) is 0 Å². The van der Waals surface area contributed by atoms with E-state index in [1.54, 1.807) is 36.4 Å². The van der Waals surface area contributed by atoms with Gasteiger partial charge in [-0.2, -0.15) is 0 Å². The Morgan fingerprint density at radius 1 is 1.18 bits per heavy atom. The Labute approximate surface area is 161 Å². The second kappa shape index (κ2) is 8.90. The van der Waals surface area contributed by atoms with Crippen molar-refractivity contribution < 1.29 is 33.3 Å². The molecule has 0 unspecified atom stereocenters. The number of para-hydroxylation sites is 1. The fraction of sp³-hybridized carbons (Fsp3) is 0.250. The van der Waals surface area contributed by atoms with Crippen LogP contribution in [0.25, 0.3) is 0 Å². The number of ether oxygens (including phenoxy) is 4. The van der Waals surface area contributed by atoms with E-state index < -0.39 is 24.6 Å². The van der Waals surface area contributed by atoms with Gasteiger partial charge in [-0.15, -0.1) is 0 Å². The Morgan fingerprint density at radius 2 is 1.96 bits per heavy atom. The molecule has 2 aromatic carbocycles. The quantitative estimate of drug-likeness (QED) is 0.547. The van der Waals surface area contributed by atoms with Gasteiger partial charge < -0.3 is 24.3 Å². The summed E-state index contributed by atoms with van der Waals surface area (Å²) in [5.74, 6) is 0.396. The summed E-state index contributed by atoms with van der Waals surface area (Å²) in [6, 6.07) is 11.8. The second-order valence-corrected chi connectivity index (χ2v) is 5.98. The van der Waals surface area contributed by atoms with E-state index in [9.17, 15) is 14.4 Å². The normalized spacial score (nSPS) is 12.8. The molecular weight excluding hydrogens is 366 g/mol. The number of rotatable bonds is 8. The number of hydrogen-bond donors (Lipinski definition) is 1. The van der Waals surface area contributed by atoms with Crippen molar-refractivity contribution in [3.05, 3.63) is 53.6 Å². The summed E-state index contributed by atoms with van der Waals surface area (Å²) < 4.78 is 20.9. The van der Waals surface area contributed by atoms with E-state index in [0.717, 1.165) is 5.56 Å². The van der Waals surface area contributed by atoms with Crippen molar-refractivity contribution >= 4 is 18.2 Å². The molecular formula is C20H19NO7. The molecule has 3 rings (SSSR count). The molecule has 0 fully saturated rings. The molecule has 8 heteroatoms. The van der Waals surface area contributed by atoms with Gasteiger partial charge in [0.15, 0.2) is 30.5 Å². The topological polar surface area (TPSA) is 100 Å². The van der Waals surface area contributed by atoms with Gasteiger partial charge in [-0.05, 0) is 36.8 Å². The molecule has 0 aromatic heterocycles. The third kappa shape index (κ3) is 4.79. The summed E-state index contributed by atoms with van der Waals surface area (Å²) in [5, 5.41) is 2.69. The van der Waals surface area contributed by atoms with Crippen LogP contribution < -0.4 is 19.5 Å². The lowest BCUT2D eigenvalue weighted by atomic mass is 10.2. The molecule has 2 aromatic rings. The van der Waals surface area contributed by atoms with Crippen LogP contribution in [0.2, 0.25) is 0 Å². The van der Waals surface area contributed by atoms with Gasteiger partial charge in [-0.3, -0.25) is 9.59 Å². The summed E-state index contributed by atoms with van der Waals surface area (Å²) in [6.45, 7) is 1.48. The Morgan fingerprint density at radius 3 is 2.79 bits per heavy atom. The summed E-state index contributed by atoms with van der Waals surface area (Å²) in [6.07, 6.45) is -0.362. The largest absolute Gasteiger partial charge is 0.481 e. The summed E-state index contributed by atoms with van der Waals surface area (Å²) in [7, 11) is 0.